The summed E-state index contributed by atoms with van der Waals surface area (Å²) in [4.78, 5) is 11.0. The molecule has 0 bridgehead atoms. The van der Waals surface area contributed by atoms with Crippen LogP contribution in [-0.4, -0.2) is 22.8 Å². The number of carboxylic acids is 1. The molecule has 2 aromatic carbocycles. The van der Waals surface area contributed by atoms with Crippen LogP contribution in [0.2, 0.25) is 0 Å². The Kier molecular flexibility index (Phi) is 3.86. The van der Waals surface area contributed by atoms with Crippen LogP contribution in [0.4, 0.5) is 0 Å². The molecule has 0 aromatic heterocycles. The lowest BCUT2D eigenvalue weighted by Crippen LogP contribution is -2.47. The number of para-hydroxylation sites is 1. The number of aliphatic carboxylic acids is 1. The molecule has 1 aliphatic carbocycles. The molecule has 114 valence electrons. The van der Waals surface area contributed by atoms with Crippen molar-refractivity contribution in [3.63, 3.8) is 0 Å². The van der Waals surface area contributed by atoms with E-state index < -0.39 is 11.4 Å². The van der Waals surface area contributed by atoms with E-state index in [0.29, 0.717) is 18.6 Å². The molecule has 0 radical (unpaired) electrons. The number of rotatable bonds is 5. The van der Waals surface area contributed by atoms with Crippen LogP contribution in [0.5, 0.6) is 11.5 Å². The van der Waals surface area contributed by atoms with E-state index in [1.165, 1.54) is 0 Å². The summed E-state index contributed by atoms with van der Waals surface area (Å²) in [6.07, 6.45) is 0.932. The molecule has 4 nitrogen and oxygen atoms in total. The van der Waals surface area contributed by atoms with E-state index in [1.807, 2.05) is 54.6 Å². The highest BCUT2D eigenvalue weighted by atomic mass is 16.5. The number of carboxylic acid groups (broad SMARTS) is 1. The first-order valence-electron chi connectivity index (χ1n) is 7.30. The molecule has 0 aliphatic heterocycles. The van der Waals surface area contributed by atoms with E-state index in [1.54, 1.807) is 0 Å². The third-order valence-corrected chi connectivity index (χ3v) is 4.35. The van der Waals surface area contributed by atoms with Crippen molar-refractivity contribution < 1.29 is 19.7 Å². The molecule has 4 heteroatoms. The molecule has 0 heterocycles. The molecule has 0 spiro atoms. The van der Waals surface area contributed by atoms with Crippen molar-refractivity contribution in [1.29, 1.82) is 0 Å². The highest BCUT2D eigenvalue weighted by Gasteiger charge is 2.48. The molecule has 2 aromatic rings. The predicted molar refractivity (Wildman–Crippen MR) is 82.1 cm³/mol. The van der Waals surface area contributed by atoms with E-state index in [0.717, 1.165) is 11.3 Å². The Hall–Kier alpha value is -2.33. The summed E-state index contributed by atoms with van der Waals surface area (Å²) in [6, 6.07) is 17.0. The van der Waals surface area contributed by atoms with Gasteiger partial charge in [-0.2, -0.15) is 0 Å². The average Bonchev–Trinajstić information content (AvgIpc) is 2.48. The average molecular weight is 298 g/mol. The van der Waals surface area contributed by atoms with Crippen LogP contribution in [0.25, 0.3) is 0 Å². The number of ether oxygens (including phenoxy) is 1. The standard InChI is InChI=1S/C18H18O4/c19-12-18(10-13(11-18)17(20)21)14-5-4-8-16(9-14)22-15-6-2-1-3-7-15/h1-9,13,19H,10-12H2,(H,20,21). The zero-order valence-electron chi connectivity index (χ0n) is 12.1. The van der Waals surface area contributed by atoms with Crippen LogP contribution < -0.4 is 4.74 Å². The second kappa shape index (κ2) is 5.81. The van der Waals surface area contributed by atoms with Gasteiger partial charge in [0.05, 0.1) is 12.5 Å². The number of aliphatic hydroxyl groups excluding tert-OH is 1. The number of benzene rings is 2. The first-order valence-corrected chi connectivity index (χ1v) is 7.30. The van der Waals surface area contributed by atoms with Gasteiger partial charge in [0.1, 0.15) is 11.5 Å². The van der Waals surface area contributed by atoms with Gasteiger partial charge in [-0.1, -0.05) is 30.3 Å². The number of aliphatic hydroxyl groups is 1. The Bertz CT molecular complexity index is 660. The van der Waals surface area contributed by atoms with Crippen molar-refractivity contribution in [2.24, 2.45) is 5.92 Å². The molecule has 0 unspecified atom stereocenters. The number of hydrogen-bond donors (Lipinski definition) is 2. The fourth-order valence-corrected chi connectivity index (χ4v) is 3.03. The van der Waals surface area contributed by atoms with Crippen molar-refractivity contribution in [3.8, 4) is 11.5 Å². The van der Waals surface area contributed by atoms with Gasteiger partial charge in [-0.25, -0.2) is 0 Å². The third-order valence-electron chi connectivity index (χ3n) is 4.35. The van der Waals surface area contributed by atoms with Crippen LogP contribution in [0.3, 0.4) is 0 Å². The molecular formula is C18H18O4. The van der Waals surface area contributed by atoms with Crippen LogP contribution in [-0.2, 0) is 10.2 Å². The Morgan fingerprint density at radius 2 is 1.77 bits per heavy atom. The van der Waals surface area contributed by atoms with Crippen LogP contribution in [0.1, 0.15) is 18.4 Å². The predicted octanol–water partition coefficient (Wildman–Crippen LogP) is 3.20. The van der Waals surface area contributed by atoms with Gasteiger partial charge in [-0.3, -0.25) is 4.79 Å². The second-order valence-electron chi connectivity index (χ2n) is 5.82. The summed E-state index contributed by atoms with van der Waals surface area (Å²) in [6.45, 7) is -0.0500. The SMILES string of the molecule is O=C(O)C1CC(CO)(c2cccc(Oc3ccccc3)c2)C1. The van der Waals surface area contributed by atoms with Crippen molar-refractivity contribution >= 4 is 5.97 Å². The number of hydrogen-bond acceptors (Lipinski definition) is 3. The van der Waals surface area contributed by atoms with Gasteiger partial charge < -0.3 is 14.9 Å². The highest BCUT2D eigenvalue weighted by molar-refractivity contribution is 5.72. The van der Waals surface area contributed by atoms with E-state index >= 15 is 0 Å². The Morgan fingerprint density at radius 1 is 1.09 bits per heavy atom. The third kappa shape index (κ3) is 2.70. The topological polar surface area (TPSA) is 66.8 Å². The minimum Gasteiger partial charge on any atom is -0.481 e. The first kappa shape index (κ1) is 14.6. The minimum atomic E-state index is -0.791. The van der Waals surface area contributed by atoms with E-state index in [2.05, 4.69) is 0 Å². The highest BCUT2D eigenvalue weighted by Crippen LogP contribution is 2.48. The first-order chi connectivity index (χ1) is 10.6. The summed E-state index contributed by atoms with van der Waals surface area (Å²) < 4.78 is 5.80. The van der Waals surface area contributed by atoms with Gasteiger partial charge in [-0.15, -0.1) is 0 Å². The Balaban J connectivity index is 1.80. The Labute approximate surface area is 129 Å². The van der Waals surface area contributed by atoms with Gasteiger partial charge in [0.25, 0.3) is 0 Å². The normalized spacial score (nSPS) is 23.6. The zero-order valence-corrected chi connectivity index (χ0v) is 12.1. The lowest BCUT2D eigenvalue weighted by atomic mass is 9.59. The van der Waals surface area contributed by atoms with Crippen LogP contribution in [0, 0.1) is 5.92 Å². The van der Waals surface area contributed by atoms with E-state index in [4.69, 9.17) is 9.84 Å². The molecule has 22 heavy (non-hydrogen) atoms. The summed E-state index contributed by atoms with van der Waals surface area (Å²) in [5.41, 5.74) is 0.472. The molecular weight excluding hydrogens is 280 g/mol. The summed E-state index contributed by atoms with van der Waals surface area (Å²) >= 11 is 0. The molecule has 2 N–H and O–H groups in total. The number of carbonyl (C=O) groups is 1. The zero-order chi connectivity index (χ0) is 15.6. The smallest absolute Gasteiger partial charge is 0.306 e. The molecule has 0 atom stereocenters. The second-order valence-corrected chi connectivity index (χ2v) is 5.82. The minimum absolute atomic E-state index is 0.0500. The van der Waals surface area contributed by atoms with Gasteiger partial charge >= 0.3 is 5.97 Å². The van der Waals surface area contributed by atoms with E-state index in [-0.39, 0.29) is 12.5 Å². The van der Waals surface area contributed by atoms with Gasteiger partial charge in [0.15, 0.2) is 0 Å². The monoisotopic (exact) mass is 298 g/mol. The fraction of sp³-hybridized carbons (Fsp3) is 0.278. The molecule has 3 rings (SSSR count). The van der Waals surface area contributed by atoms with Crippen molar-refractivity contribution in [1.82, 2.24) is 0 Å². The van der Waals surface area contributed by atoms with Crippen molar-refractivity contribution in [2.45, 2.75) is 18.3 Å². The van der Waals surface area contributed by atoms with E-state index in [9.17, 15) is 9.90 Å². The molecule has 0 amide bonds. The van der Waals surface area contributed by atoms with Crippen LogP contribution in [0.15, 0.2) is 54.6 Å². The lowest BCUT2D eigenvalue weighted by Gasteiger charge is -2.45. The molecule has 0 saturated heterocycles. The fourth-order valence-electron chi connectivity index (χ4n) is 3.03. The summed E-state index contributed by atoms with van der Waals surface area (Å²) in [7, 11) is 0. The van der Waals surface area contributed by atoms with Gasteiger partial charge in [0.2, 0.25) is 0 Å². The molecule has 1 saturated carbocycles. The van der Waals surface area contributed by atoms with Gasteiger partial charge in [-0.05, 0) is 42.7 Å². The maximum atomic E-state index is 11.0. The summed E-state index contributed by atoms with van der Waals surface area (Å²) in [5.74, 6) is 0.275. The molecule has 1 aliphatic rings. The maximum absolute atomic E-state index is 11.0. The quantitative estimate of drug-likeness (QED) is 0.889. The van der Waals surface area contributed by atoms with Crippen molar-refractivity contribution in [2.75, 3.05) is 6.61 Å². The Morgan fingerprint density at radius 3 is 2.41 bits per heavy atom. The summed E-state index contributed by atoms with van der Waals surface area (Å²) in [5, 5.41) is 18.8. The molecule has 1 fully saturated rings. The van der Waals surface area contributed by atoms with Crippen molar-refractivity contribution in [3.05, 3.63) is 60.2 Å². The maximum Gasteiger partial charge on any atom is 0.306 e. The largest absolute Gasteiger partial charge is 0.481 e. The van der Waals surface area contributed by atoms with Gasteiger partial charge in [0, 0.05) is 5.41 Å². The lowest BCUT2D eigenvalue weighted by molar-refractivity contribution is -0.148. The van der Waals surface area contributed by atoms with Crippen LogP contribution >= 0.6 is 0 Å².